The van der Waals surface area contributed by atoms with E-state index in [1.54, 1.807) is 24.1 Å². The zero-order chi connectivity index (χ0) is 14.8. The van der Waals surface area contributed by atoms with Gasteiger partial charge in [0, 0.05) is 26.7 Å². The van der Waals surface area contributed by atoms with Crippen LogP contribution in [0.25, 0.3) is 0 Å². The third-order valence-electron chi connectivity index (χ3n) is 3.49. The minimum atomic E-state index is -3.50. The van der Waals surface area contributed by atoms with Crippen LogP contribution in [-0.4, -0.2) is 50.2 Å². The Balaban J connectivity index is 2.17. The van der Waals surface area contributed by atoms with Crippen molar-refractivity contribution in [1.82, 2.24) is 9.21 Å². The summed E-state index contributed by atoms with van der Waals surface area (Å²) in [6, 6.07) is 7.20. The molecule has 110 valence electrons. The van der Waals surface area contributed by atoms with Gasteiger partial charge in [0.1, 0.15) is 0 Å². The standard InChI is InChI=1S/C13H19N3O3S/c1-15-6-7-16(9-13(15)17)20(18,19)10-12-5-3-2-4-11(12)8-14/h2-5H,6-10,14H2,1H3. The predicted octanol–water partition coefficient (Wildman–Crippen LogP) is -0.251. The molecule has 0 saturated carbocycles. The van der Waals surface area contributed by atoms with Crippen molar-refractivity contribution in [1.29, 1.82) is 0 Å². The quantitative estimate of drug-likeness (QED) is 0.830. The second-order valence-corrected chi connectivity index (χ2v) is 6.85. The summed E-state index contributed by atoms with van der Waals surface area (Å²) < 4.78 is 26.0. The molecule has 1 saturated heterocycles. The van der Waals surface area contributed by atoms with Crippen molar-refractivity contribution in [2.45, 2.75) is 12.3 Å². The summed E-state index contributed by atoms with van der Waals surface area (Å²) in [5, 5.41) is 0. The monoisotopic (exact) mass is 297 g/mol. The van der Waals surface area contributed by atoms with Gasteiger partial charge in [0.15, 0.2) is 0 Å². The Bertz CT molecular complexity index is 601. The third kappa shape index (κ3) is 3.17. The highest BCUT2D eigenvalue weighted by atomic mass is 32.2. The van der Waals surface area contributed by atoms with Gasteiger partial charge in [0.2, 0.25) is 15.9 Å². The number of carbonyl (C=O) groups is 1. The lowest BCUT2D eigenvalue weighted by Gasteiger charge is -2.31. The highest BCUT2D eigenvalue weighted by Crippen LogP contribution is 2.16. The molecule has 0 aliphatic carbocycles. The Hall–Kier alpha value is -1.44. The molecule has 0 aromatic heterocycles. The van der Waals surface area contributed by atoms with Crippen molar-refractivity contribution in [2.75, 3.05) is 26.7 Å². The predicted molar refractivity (Wildman–Crippen MR) is 76.2 cm³/mol. The smallest absolute Gasteiger partial charge is 0.237 e. The first-order chi connectivity index (χ1) is 9.44. The van der Waals surface area contributed by atoms with Crippen molar-refractivity contribution in [3.63, 3.8) is 0 Å². The van der Waals surface area contributed by atoms with Gasteiger partial charge in [-0.2, -0.15) is 4.31 Å². The van der Waals surface area contributed by atoms with Crippen LogP contribution in [0.4, 0.5) is 0 Å². The summed E-state index contributed by atoms with van der Waals surface area (Å²) in [6.45, 7) is 0.989. The van der Waals surface area contributed by atoms with Crippen molar-refractivity contribution < 1.29 is 13.2 Å². The number of nitrogens with zero attached hydrogens (tertiary/aromatic N) is 2. The van der Waals surface area contributed by atoms with E-state index in [2.05, 4.69) is 0 Å². The number of amides is 1. The molecule has 1 amide bonds. The Morgan fingerprint density at radius 2 is 1.85 bits per heavy atom. The van der Waals surface area contributed by atoms with E-state index in [1.807, 2.05) is 12.1 Å². The number of hydrogen-bond acceptors (Lipinski definition) is 4. The van der Waals surface area contributed by atoms with Crippen LogP contribution in [0.5, 0.6) is 0 Å². The lowest BCUT2D eigenvalue weighted by atomic mass is 10.1. The second-order valence-electron chi connectivity index (χ2n) is 4.88. The highest BCUT2D eigenvalue weighted by molar-refractivity contribution is 7.88. The van der Waals surface area contributed by atoms with Crippen LogP contribution in [0.3, 0.4) is 0 Å². The number of sulfonamides is 1. The number of piperazine rings is 1. The molecule has 1 aromatic rings. The van der Waals surface area contributed by atoms with Crippen LogP contribution < -0.4 is 5.73 Å². The van der Waals surface area contributed by atoms with Gasteiger partial charge in [-0.15, -0.1) is 0 Å². The van der Waals surface area contributed by atoms with Gasteiger partial charge < -0.3 is 10.6 Å². The number of likely N-dealkylation sites (N-methyl/N-ethyl adjacent to an activating group) is 1. The van der Waals surface area contributed by atoms with E-state index in [-0.39, 0.29) is 18.2 Å². The van der Waals surface area contributed by atoms with Gasteiger partial charge in [-0.1, -0.05) is 24.3 Å². The van der Waals surface area contributed by atoms with Crippen LogP contribution in [0.15, 0.2) is 24.3 Å². The van der Waals surface area contributed by atoms with Crippen molar-refractivity contribution >= 4 is 15.9 Å². The number of rotatable bonds is 4. The van der Waals surface area contributed by atoms with Crippen molar-refractivity contribution in [2.24, 2.45) is 5.73 Å². The van der Waals surface area contributed by atoms with Gasteiger partial charge in [0.25, 0.3) is 0 Å². The Morgan fingerprint density at radius 1 is 1.20 bits per heavy atom. The fraction of sp³-hybridized carbons (Fsp3) is 0.462. The van der Waals surface area contributed by atoms with E-state index in [1.165, 1.54) is 4.31 Å². The molecule has 1 heterocycles. The van der Waals surface area contributed by atoms with Crippen molar-refractivity contribution in [3.05, 3.63) is 35.4 Å². The maximum absolute atomic E-state index is 12.4. The van der Waals surface area contributed by atoms with Gasteiger partial charge in [-0.3, -0.25) is 4.79 Å². The molecule has 1 aliphatic rings. The van der Waals surface area contributed by atoms with Crippen LogP contribution >= 0.6 is 0 Å². The summed E-state index contributed by atoms with van der Waals surface area (Å²) in [5.74, 6) is -0.288. The number of hydrogen-bond donors (Lipinski definition) is 1. The van der Waals surface area contributed by atoms with E-state index < -0.39 is 10.0 Å². The summed E-state index contributed by atoms with van der Waals surface area (Å²) in [5.41, 5.74) is 7.13. The first kappa shape index (κ1) is 15.0. The van der Waals surface area contributed by atoms with E-state index >= 15 is 0 Å². The van der Waals surface area contributed by atoms with Crippen LogP contribution in [0.1, 0.15) is 11.1 Å². The minimum absolute atomic E-state index is 0.0797. The first-order valence-corrected chi connectivity index (χ1v) is 8.03. The van der Waals surface area contributed by atoms with E-state index in [0.29, 0.717) is 25.2 Å². The molecule has 1 fully saturated rings. The number of benzene rings is 1. The number of carbonyl (C=O) groups excluding carboxylic acids is 1. The summed E-state index contributed by atoms with van der Waals surface area (Å²) in [6.07, 6.45) is 0. The Morgan fingerprint density at radius 3 is 2.45 bits per heavy atom. The summed E-state index contributed by atoms with van der Waals surface area (Å²) >= 11 is 0. The molecule has 0 atom stereocenters. The molecule has 1 aromatic carbocycles. The molecule has 0 spiro atoms. The molecular weight excluding hydrogens is 278 g/mol. The summed E-state index contributed by atoms with van der Waals surface area (Å²) in [7, 11) is -1.82. The maximum Gasteiger partial charge on any atom is 0.237 e. The summed E-state index contributed by atoms with van der Waals surface area (Å²) in [4.78, 5) is 13.2. The second kappa shape index (κ2) is 5.90. The van der Waals surface area contributed by atoms with E-state index in [4.69, 9.17) is 5.73 Å². The van der Waals surface area contributed by atoms with Crippen LogP contribution in [-0.2, 0) is 27.1 Å². The average molecular weight is 297 g/mol. The van der Waals surface area contributed by atoms with Gasteiger partial charge in [0.05, 0.1) is 12.3 Å². The molecule has 2 rings (SSSR count). The Kier molecular flexibility index (Phi) is 4.42. The lowest BCUT2D eigenvalue weighted by Crippen LogP contribution is -2.50. The minimum Gasteiger partial charge on any atom is -0.343 e. The average Bonchev–Trinajstić information content (AvgIpc) is 2.42. The molecule has 6 nitrogen and oxygen atoms in total. The van der Waals surface area contributed by atoms with Crippen LogP contribution in [0, 0.1) is 0 Å². The van der Waals surface area contributed by atoms with Crippen LogP contribution in [0.2, 0.25) is 0 Å². The topological polar surface area (TPSA) is 83.7 Å². The molecular formula is C13H19N3O3S. The highest BCUT2D eigenvalue weighted by Gasteiger charge is 2.30. The first-order valence-electron chi connectivity index (χ1n) is 6.42. The normalized spacial score (nSPS) is 17.5. The van der Waals surface area contributed by atoms with Gasteiger partial charge >= 0.3 is 0 Å². The fourth-order valence-electron chi connectivity index (χ4n) is 2.16. The number of nitrogens with two attached hydrogens (primary N) is 1. The molecule has 0 bridgehead atoms. The maximum atomic E-state index is 12.4. The van der Waals surface area contributed by atoms with Crippen molar-refractivity contribution in [3.8, 4) is 0 Å². The SMILES string of the molecule is CN1CCN(S(=O)(=O)Cc2ccccc2CN)CC1=O. The lowest BCUT2D eigenvalue weighted by molar-refractivity contribution is -0.132. The van der Waals surface area contributed by atoms with E-state index in [0.717, 1.165) is 5.56 Å². The Labute approximate surface area is 119 Å². The molecule has 2 N–H and O–H groups in total. The zero-order valence-electron chi connectivity index (χ0n) is 11.4. The molecule has 0 unspecified atom stereocenters. The van der Waals surface area contributed by atoms with Gasteiger partial charge in [-0.05, 0) is 11.1 Å². The fourth-order valence-corrected chi connectivity index (χ4v) is 3.68. The molecule has 0 radical (unpaired) electrons. The molecule has 7 heteroatoms. The zero-order valence-corrected chi connectivity index (χ0v) is 12.3. The molecule has 20 heavy (non-hydrogen) atoms. The largest absolute Gasteiger partial charge is 0.343 e. The van der Waals surface area contributed by atoms with E-state index in [9.17, 15) is 13.2 Å². The third-order valence-corrected chi connectivity index (χ3v) is 5.27. The molecule has 1 aliphatic heterocycles. The van der Waals surface area contributed by atoms with Gasteiger partial charge in [-0.25, -0.2) is 8.42 Å².